The molecule has 4 heteroatoms. The molecule has 1 heterocycles. The summed E-state index contributed by atoms with van der Waals surface area (Å²) in [5, 5.41) is 3.27. The van der Waals surface area contributed by atoms with Crippen LogP contribution < -0.4 is 10.1 Å². The first-order valence-electron chi connectivity index (χ1n) is 6.41. The lowest BCUT2D eigenvalue weighted by Gasteiger charge is -2.35. The second-order valence-corrected chi connectivity index (χ2v) is 4.66. The van der Waals surface area contributed by atoms with Crippen LogP contribution in [0.25, 0.3) is 0 Å². The van der Waals surface area contributed by atoms with Crippen LogP contribution in [0.1, 0.15) is 13.8 Å². The van der Waals surface area contributed by atoms with E-state index >= 15 is 0 Å². The zero-order valence-corrected chi connectivity index (χ0v) is 10.9. The molecule has 1 aromatic carbocycles. The smallest absolute Gasteiger partial charge is 0.263 e. The Morgan fingerprint density at radius 2 is 2.17 bits per heavy atom. The fraction of sp³-hybridized carbons (Fsp3) is 0.500. The van der Waals surface area contributed by atoms with Crippen LogP contribution in [0.15, 0.2) is 30.3 Å². The van der Waals surface area contributed by atoms with Crippen molar-refractivity contribution in [3.8, 4) is 5.75 Å². The molecule has 1 fully saturated rings. The van der Waals surface area contributed by atoms with Gasteiger partial charge in [0.1, 0.15) is 5.75 Å². The van der Waals surface area contributed by atoms with Gasteiger partial charge < -0.3 is 15.0 Å². The van der Waals surface area contributed by atoms with Gasteiger partial charge in [0.2, 0.25) is 0 Å². The van der Waals surface area contributed by atoms with Crippen molar-refractivity contribution in [1.29, 1.82) is 0 Å². The molecule has 98 valence electrons. The van der Waals surface area contributed by atoms with Crippen LogP contribution in [0.4, 0.5) is 0 Å². The molecule has 0 spiro atoms. The normalized spacial score (nSPS) is 21.4. The van der Waals surface area contributed by atoms with Gasteiger partial charge in [0.25, 0.3) is 5.91 Å². The zero-order valence-electron chi connectivity index (χ0n) is 10.9. The predicted octanol–water partition coefficient (Wildman–Crippen LogP) is 1.27. The minimum Gasteiger partial charge on any atom is -0.481 e. The molecule has 1 aliphatic heterocycles. The van der Waals surface area contributed by atoms with Crippen molar-refractivity contribution in [2.75, 3.05) is 19.6 Å². The van der Waals surface area contributed by atoms with E-state index in [1.54, 1.807) is 0 Å². The van der Waals surface area contributed by atoms with E-state index in [4.69, 9.17) is 4.74 Å². The van der Waals surface area contributed by atoms with Crippen molar-refractivity contribution in [2.24, 2.45) is 0 Å². The summed E-state index contributed by atoms with van der Waals surface area (Å²) in [5.74, 6) is 0.800. The number of nitrogens with one attached hydrogen (secondary N) is 1. The molecule has 1 amide bonds. The van der Waals surface area contributed by atoms with E-state index in [0.717, 1.165) is 25.4 Å². The van der Waals surface area contributed by atoms with Crippen LogP contribution in [0.3, 0.4) is 0 Å². The van der Waals surface area contributed by atoms with E-state index in [1.807, 2.05) is 42.2 Å². The van der Waals surface area contributed by atoms with Crippen LogP contribution >= 0.6 is 0 Å². The molecule has 1 aliphatic rings. The van der Waals surface area contributed by atoms with Gasteiger partial charge in [-0.15, -0.1) is 0 Å². The van der Waals surface area contributed by atoms with Crippen LogP contribution in [0.2, 0.25) is 0 Å². The summed E-state index contributed by atoms with van der Waals surface area (Å²) in [5.41, 5.74) is 0. The fourth-order valence-corrected chi connectivity index (χ4v) is 2.16. The molecule has 1 aromatic rings. The highest BCUT2D eigenvalue weighted by atomic mass is 16.5. The number of nitrogens with zero attached hydrogens (tertiary/aromatic N) is 1. The van der Waals surface area contributed by atoms with Crippen molar-refractivity contribution in [1.82, 2.24) is 10.2 Å². The summed E-state index contributed by atoms with van der Waals surface area (Å²) in [6.07, 6.45) is -0.437. The third-order valence-corrected chi connectivity index (χ3v) is 3.19. The van der Waals surface area contributed by atoms with Crippen LogP contribution in [0.5, 0.6) is 5.75 Å². The molecule has 0 aromatic heterocycles. The molecular formula is C14H20N2O2. The number of carbonyl (C=O) groups is 1. The van der Waals surface area contributed by atoms with Crippen LogP contribution in [0, 0.1) is 0 Å². The van der Waals surface area contributed by atoms with Crippen molar-refractivity contribution in [3.05, 3.63) is 30.3 Å². The Balaban J connectivity index is 1.96. The maximum absolute atomic E-state index is 12.3. The van der Waals surface area contributed by atoms with Gasteiger partial charge in [-0.2, -0.15) is 0 Å². The van der Waals surface area contributed by atoms with Crippen LogP contribution in [-0.4, -0.2) is 42.6 Å². The number of para-hydroxylation sites is 1. The van der Waals surface area contributed by atoms with Crippen molar-refractivity contribution < 1.29 is 9.53 Å². The van der Waals surface area contributed by atoms with Gasteiger partial charge in [-0.05, 0) is 26.0 Å². The Bertz CT molecular complexity index is 394. The molecule has 0 bridgehead atoms. The lowest BCUT2D eigenvalue weighted by atomic mass is 10.2. The Labute approximate surface area is 108 Å². The Kier molecular flexibility index (Phi) is 4.20. The number of ether oxygens (including phenoxy) is 1. The van der Waals surface area contributed by atoms with Gasteiger partial charge in [-0.1, -0.05) is 18.2 Å². The molecule has 4 nitrogen and oxygen atoms in total. The molecule has 0 aliphatic carbocycles. The topological polar surface area (TPSA) is 41.6 Å². The standard InChI is InChI=1S/C14H20N2O2/c1-11-10-15-8-9-16(11)14(17)12(2)18-13-6-4-3-5-7-13/h3-7,11-12,15H,8-10H2,1-2H3/t11-,12?/m0/s1. The molecular weight excluding hydrogens is 228 g/mol. The number of hydrogen-bond acceptors (Lipinski definition) is 3. The minimum atomic E-state index is -0.437. The second kappa shape index (κ2) is 5.87. The molecule has 18 heavy (non-hydrogen) atoms. The van der Waals surface area contributed by atoms with Gasteiger partial charge in [-0.25, -0.2) is 0 Å². The monoisotopic (exact) mass is 248 g/mol. The number of amides is 1. The summed E-state index contributed by atoms with van der Waals surface area (Å²) in [7, 11) is 0. The van der Waals surface area contributed by atoms with Crippen molar-refractivity contribution in [2.45, 2.75) is 26.0 Å². The molecule has 1 saturated heterocycles. The van der Waals surface area contributed by atoms with E-state index in [9.17, 15) is 4.79 Å². The lowest BCUT2D eigenvalue weighted by Crippen LogP contribution is -2.55. The average Bonchev–Trinajstić information content (AvgIpc) is 2.39. The van der Waals surface area contributed by atoms with E-state index < -0.39 is 6.10 Å². The summed E-state index contributed by atoms with van der Waals surface area (Å²) < 4.78 is 5.67. The maximum atomic E-state index is 12.3. The highest BCUT2D eigenvalue weighted by Gasteiger charge is 2.27. The molecule has 0 saturated carbocycles. The zero-order chi connectivity index (χ0) is 13.0. The first-order chi connectivity index (χ1) is 8.68. The number of rotatable bonds is 3. The summed E-state index contributed by atoms with van der Waals surface area (Å²) in [6, 6.07) is 9.70. The molecule has 2 atom stereocenters. The largest absolute Gasteiger partial charge is 0.481 e. The van der Waals surface area contributed by atoms with Gasteiger partial charge in [0, 0.05) is 25.7 Å². The third kappa shape index (κ3) is 3.01. The first-order valence-corrected chi connectivity index (χ1v) is 6.41. The van der Waals surface area contributed by atoms with Gasteiger partial charge in [-0.3, -0.25) is 4.79 Å². The first kappa shape index (κ1) is 12.9. The van der Waals surface area contributed by atoms with Crippen LogP contribution in [-0.2, 0) is 4.79 Å². The lowest BCUT2D eigenvalue weighted by molar-refractivity contribution is -0.140. The van der Waals surface area contributed by atoms with Gasteiger partial charge in [0.05, 0.1) is 0 Å². The number of carbonyl (C=O) groups excluding carboxylic acids is 1. The molecule has 1 N–H and O–H groups in total. The highest BCUT2D eigenvalue weighted by molar-refractivity contribution is 5.81. The number of benzene rings is 1. The van der Waals surface area contributed by atoms with Crippen molar-refractivity contribution >= 4 is 5.91 Å². The maximum Gasteiger partial charge on any atom is 0.263 e. The molecule has 0 radical (unpaired) electrons. The van der Waals surface area contributed by atoms with E-state index in [0.29, 0.717) is 0 Å². The molecule has 2 rings (SSSR count). The number of hydrogen-bond donors (Lipinski definition) is 1. The molecule has 1 unspecified atom stereocenters. The SMILES string of the molecule is CC(Oc1ccccc1)C(=O)N1CCNC[C@@H]1C. The summed E-state index contributed by atoms with van der Waals surface area (Å²) in [6.45, 7) is 6.32. The van der Waals surface area contributed by atoms with E-state index in [2.05, 4.69) is 12.2 Å². The van der Waals surface area contributed by atoms with E-state index in [-0.39, 0.29) is 11.9 Å². The Morgan fingerprint density at radius 3 is 2.83 bits per heavy atom. The summed E-state index contributed by atoms with van der Waals surface area (Å²) in [4.78, 5) is 14.2. The fourth-order valence-electron chi connectivity index (χ4n) is 2.16. The minimum absolute atomic E-state index is 0.0628. The predicted molar refractivity (Wildman–Crippen MR) is 70.6 cm³/mol. The summed E-state index contributed by atoms with van der Waals surface area (Å²) >= 11 is 0. The Morgan fingerprint density at radius 1 is 1.44 bits per heavy atom. The third-order valence-electron chi connectivity index (χ3n) is 3.19. The average molecular weight is 248 g/mol. The number of piperazine rings is 1. The Hall–Kier alpha value is -1.55. The van der Waals surface area contributed by atoms with Gasteiger partial charge >= 0.3 is 0 Å². The highest BCUT2D eigenvalue weighted by Crippen LogP contribution is 2.13. The van der Waals surface area contributed by atoms with Crippen molar-refractivity contribution in [3.63, 3.8) is 0 Å². The van der Waals surface area contributed by atoms with E-state index in [1.165, 1.54) is 0 Å². The second-order valence-electron chi connectivity index (χ2n) is 4.66. The van der Waals surface area contributed by atoms with Gasteiger partial charge in [0.15, 0.2) is 6.10 Å². The quantitative estimate of drug-likeness (QED) is 0.876.